The number of aryl methyl sites for hydroxylation is 1. The highest BCUT2D eigenvalue weighted by atomic mass is 19.4. The first-order valence-corrected chi connectivity index (χ1v) is 4.45. The molecular formula is C9H11F3N2. The van der Waals surface area contributed by atoms with Gasteiger partial charge in [0, 0.05) is 25.5 Å². The van der Waals surface area contributed by atoms with Crippen LogP contribution in [0.4, 0.5) is 13.2 Å². The number of halogens is 3. The van der Waals surface area contributed by atoms with Crippen LogP contribution in [-0.2, 0) is 13.2 Å². The zero-order chi connectivity index (χ0) is 10.3. The summed E-state index contributed by atoms with van der Waals surface area (Å²) in [5.74, 6) is 0. The number of hydrogen-bond acceptors (Lipinski definition) is 1. The lowest BCUT2D eigenvalue weighted by Gasteiger charge is -2.28. The molecule has 1 aromatic heterocycles. The van der Waals surface area contributed by atoms with Crippen molar-refractivity contribution in [3.63, 3.8) is 0 Å². The fourth-order valence-electron chi connectivity index (χ4n) is 1.67. The van der Waals surface area contributed by atoms with Gasteiger partial charge in [0.2, 0.25) is 0 Å². The van der Waals surface area contributed by atoms with Crippen LogP contribution < -0.4 is 5.32 Å². The third-order valence-corrected chi connectivity index (χ3v) is 2.49. The van der Waals surface area contributed by atoms with Crippen LogP contribution >= 0.6 is 0 Å². The van der Waals surface area contributed by atoms with E-state index in [1.54, 1.807) is 13.2 Å². The van der Waals surface area contributed by atoms with Crippen LogP contribution in [-0.4, -0.2) is 11.1 Å². The summed E-state index contributed by atoms with van der Waals surface area (Å²) in [5.41, 5.74) is -0.150. The Hall–Kier alpha value is -0.970. The second-order valence-electron chi connectivity index (χ2n) is 3.59. The van der Waals surface area contributed by atoms with Crippen molar-refractivity contribution in [2.75, 3.05) is 6.54 Å². The third kappa shape index (κ3) is 1.52. The van der Waals surface area contributed by atoms with Crippen LogP contribution in [0.3, 0.4) is 0 Å². The predicted octanol–water partition coefficient (Wildman–Crippen LogP) is 2.08. The van der Waals surface area contributed by atoms with E-state index >= 15 is 0 Å². The lowest BCUT2D eigenvalue weighted by molar-refractivity contribution is -0.138. The minimum absolute atomic E-state index is 0.118. The van der Waals surface area contributed by atoms with E-state index in [0.717, 1.165) is 19.2 Å². The molecule has 0 saturated carbocycles. The lowest BCUT2D eigenvalue weighted by atomic mass is 9.97. The SMILES string of the molecule is Cn1cc(C2CCN2)c(C(F)(F)F)c1. The number of aromatic nitrogens is 1. The normalized spacial score (nSPS) is 22.1. The summed E-state index contributed by atoms with van der Waals surface area (Å²) in [4.78, 5) is 0. The zero-order valence-electron chi connectivity index (χ0n) is 7.73. The maximum atomic E-state index is 12.5. The number of hydrogen-bond donors (Lipinski definition) is 1. The van der Waals surface area contributed by atoms with Crippen LogP contribution in [0.1, 0.15) is 23.6 Å². The van der Waals surface area contributed by atoms with Crippen LogP contribution in [0.15, 0.2) is 12.4 Å². The molecule has 2 rings (SSSR count). The van der Waals surface area contributed by atoms with Crippen molar-refractivity contribution < 1.29 is 13.2 Å². The van der Waals surface area contributed by atoms with Gasteiger partial charge in [-0.25, -0.2) is 0 Å². The Morgan fingerprint density at radius 2 is 2.07 bits per heavy atom. The molecule has 0 bridgehead atoms. The molecule has 1 aliphatic rings. The second-order valence-corrected chi connectivity index (χ2v) is 3.59. The monoisotopic (exact) mass is 204 g/mol. The van der Waals surface area contributed by atoms with Crippen LogP contribution in [0.25, 0.3) is 0 Å². The van der Waals surface area contributed by atoms with E-state index in [-0.39, 0.29) is 6.04 Å². The van der Waals surface area contributed by atoms with E-state index in [1.165, 1.54) is 4.57 Å². The number of nitrogens with zero attached hydrogens (tertiary/aromatic N) is 1. The van der Waals surface area contributed by atoms with Gasteiger partial charge in [-0.1, -0.05) is 0 Å². The molecule has 1 saturated heterocycles. The fraction of sp³-hybridized carbons (Fsp3) is 0.556. The van der Waals surface area contributed by atoms with Gasteiger partial charge in [0.1, 0.15) is 0 Å². The van der Waals surface area contributed by atoms with E-state index in [0.29, 0.717) is 5.56 Å². The van der Waals surface area contributed by atoms with E-state index in [2.05, 4.69) is 5.32 Å². The highest BCUT2D eigenvalue weighted by Crippen LogP contribution is 2.37. The Bertz CT molecular complexity index is 336. The van der Waals surface area contributed by atoms with E-state index < -0.39 is 11.7 Å². The summed E-state index contributed by atoms with van der Waals surface area (Å²) in [7, 11) is 1.61. The smallest absolute Gasteiger partial charge is 0.356 e. The van der Waals surface area contributed by atoms with Gasteiger partial charge in [-0.15, -0.1) is 0 Å². The molecule has 0 spiro atoms. The van der Waals surface area contributed by atoms with Crippen molar-refractivity contribution in [3.05, 3.63) is 23.5 Å². The largest absolute Gasteiger partial charge is 0.418 e. The van der Waals surface area contributed by atoms with E-state index in [9.17, 15) is 13.2 Å². The Morgan fingerprint density at radius 3 is 2.50 bits per heavy atom. The number of rotatable bonds is 1. The van der Waals surface area contributed by atoms with Gasteiger partial charge < -0.3 is 9.88 Å². The van der Waals surface area contributed by atoms with Crippen molar-refractivity contribution in [2.24, 2.45) is 7.05 Å². The molecule has 0 amide bonds. The molecule has 2 nitrogen and oxygen atoms in total. The molecule has 2 heterocycles. The zero-order valence-corrected chi connectivity index (χ0v) is 7.73. The third-order valence-electron chi connectivity index (χ3n) is 2.49. The molecule has 1 unspecified atom stereocenters. The highest BCUT2D eigenvalue weighted by Gasteiger charge is 2.37. The minimum atomic E-state index is -4.24. The van der Waals surface area contributed by atoms with E-state index in [4.69, 9.17) is 0 Å². The van der Waals surface area contributed by atoms with Crippen molar-refractivity contribution in [2.45, 2.75) is 18.6 Å². The lowest BCUT2D eigenvalue weighted by Crippen LogP contribution is -2.35. The molecule has 5 heteroatoms. The summed E-state index contributed by atoms with van der Waals surface area (Å²) in [5, 5.41) is 2.97. The Balaban J connectivity index is 2.37. The van der Waals surface area contributed by atoms with Gasteiger partial charge in [0.25, 0.3) is 0 Å². The molecule has 0 radical (unpaired) electrons. The topological polar surface area (TPSA) is 17.0 Å². The molecular weight excluding hydrogens is 193 g/mol. The van der Waals surface area contributed by atoms with Gasteiger partial charge in [-0.2, -0.15) is 13.2 Å². The maximum Gasteiger partial charge on any atom is 0.418 e. The quantitative estimate of drug-likeness (QED) is 0.741. The van der Waals surface area contributed by atoms with E-state index in [1.807, 2.05) is 0 Å². The van der Waals surface area contributed by atoms with Gasteiger partial charge >= 0.3 is 6.18 Å². The Kier molecular flexibility index (Phi) is 2.06. The summed E-state index contributed by atoms with van der Waals surface area (Å²) in [6, 6.07) is -0.118. The molecule has 1 aliphatic heterocycles. The summed E-state index contributed by atoms with van der Waals surface area (Å²) in [6.07, 6.45) is -0.782. The molecule has 14 heavy (non-hydrogen) atoms. The van der Waals surface area contributed by atoms with Crippen molar-refractivity contribution in [1.29, 1.82) is 0 Å². The average molecular weight is 204 g/mol. The fourth-order valence-corrected chi connectivity index (χ4v) is 1.67. The summed E-state index contributed by atoms with van der Waals surface area (Å²) in [6.45, 7) is 0.802. The van der Waals surface area contributed by atoms with Gasteiger partial charge in [0.15, 0.2) is 0 Å². The minimum Gasteiger partial charge on any atom is -0.356 e. The summed E-state index contributed by atoms with van der Waals surface area (Å²) < 4.78 is 39.1. The predicted molar refractivity (Wildman–Crippen MR) is 45.8 cm³/mol. The first kappa shape index (κ1) is 9.58. The molecule has 1 atom stereocenters. The number of alkyl halides is 3. The standard InChI is InChI=1S/C9H11F3N2/c1-14-4-6(8-2-3-13-8)7(5-14)9(10,11)12/h4-5,8,13H,2-3H2,1H3. The Labute approximate surface area is 79.7 Å². The van der Waals surface area contributed by atoms with Crippen molar-refractivity contribution >= 4 is 0 Å². The summed E-state index contributed by atoms with van der Waals surface area (Å²) >= 11 is 0. The number of nitrogens with one attached hydrogen (secondary N) is 1. The molecule has 78 valence electrons. The van der Waals surface area contributed by atoms with Crippen molar-refractivity contribution in [3.8, 4) is 0 Å². The maximum absolute atomic E-state index is 12.5. The Morgan fingerprint density at radius 1 is 1.43 bits per heavy atom. The van der Waals surface area contributed by atoms with Gasteiger partial charge in [0.05, 0.1) is 5.56 Å². The average Bonchev–Trinajstić information content (AvgIpc) is 2.26. The van der Waals surface area contributed by atoms with Crippen LogP contribution in [0.2, 0.25) is 0 Å². The van der Waals surface area contributed by atoms with Crippen molar-refractivity contribution in [1.82, 2.24) is 9.88 Å². The molecule has 1 aromatic rings. The highest BCUT2D eigenvalue weighted by molar-refractivity contribution is 5.31. The first-order chi connectivity index (χ1) is 6.48. The molecule has 0 aliphatic carbocycles. The first-order valence-electron chi connectivity index (χ1n) is 4.45. The molecule has 1 fully saturated rings. The molecule has 1 N–H and O–H groups in total. The van der Waals surface area contributed by atoms with Crippen LogP contribution in [0, 0.1) is 0 Å². The van der Waals surface area contributed by atoms with Gasteiger partial charge in [-0.3, -0.25) is 0 Å². The second kappa shape index (κ2) is 3.02. The van der Waals surface area contributed by atoms with Crippen LogP contribution in [0.5, 0.6) is 0 Å². The van der Waals surface area contributed by atoms with Gasteiger partial charge in [-0.05, 0) is 18.5 Å². The molecule has 0 aromatic carbocycles.